The van der Waals surface area contributed by atoms with Gasteiger partial charge in [-0.15, -0.1) is 11.3 Å². The lowest BCUT2D eigenvalue weighted by atomic mass is 9.88. The summed E-state index contributed by atoms with van der Waals surface area (Å²) in [6, 6.07) is 15.7. The van der Waals surface area contributed by atoms with Crippen molar-refractivity contribution < 1.29 is 13.2 Å². The van der Waals surface area contributed by atoms with E-state index < -0.39 is 10.0 Å². The molecule has 0 fully saturated rings. The second kappa shape index (κ2) is 8.32. The highest BCUT2D eigenvalue weighted by Crippen LogP contribution is 2.39. The lowest BCUT2D eigenvalue weighted by Gasteiger charge is -2.19. The monoisotopic (exact) mass is 477 g/mol. The number of hydrogen-bond donors (Lipinski definition) is 1. The second-order valence-corrected chi connectivity index (χ2v) is 11.6. The third-order valence-corrected chi connectivity index (χ3v) is 9.40. The van der Waals surface area contributed by atoms with Crippen molar-refractivity contribution in [3.63, 3.8) is 0 Å². The molecular weight excluding hydrogens is 454 g/mol. The van der Waals surface area contributed by atoms with Gasteiger partial charge in [0, 0.05) is 17.0 Å². The standard InChI is InChI=1S/C25H23N3O3S2/c1-16-6-11-20-21(15-26)25(32-23(20)14-16)27-24(29)18-7-9-19(10-8-18)33(30,31)28-13-12-17-4-2-3-5-22(17)28/h2-5,7-10,16H,6,11-14H2,1H3,(H,27,29). The number of fused-ring (bicyclic) bond motifs is 2. The Hall–Kier alpha value is -3.15. The second-order valence-electron chi connectivity index (χ2n) is 8.60. The Balaban J connectivity index is 1.36. The van der Waals surface area contributed by atoms with Gasteiger partial charge in [-0.25, -0.2) is 8.42 Å². The summed E-state index contributed by atoms with van der Waals surface area (Å²) in [5.74, 6) is 0.219. The Morgan fingerprint density at radius 2 is 1.91 bits per heavy atom. The van der Waals surface area contributed by atoms with E-state index in [2.05, 4.69) is 18.3 Å². The molecule has 1 aliphatic heterocycles. The van der Waals surface area contributed by atoms with Crippen LogP contribution in [-0.2, 0) is 29.3 Å². The SMILES string of the molecule is CC1CCc2c(sc(NC(=O)c3ccc(S(=O)(=O)N4CCc5ccccc54)cc3)c2C#N)C1. The summed E-state index contributed by atoms with van der Waals surface area (Å²) in [7, 11) is -3.71. The van der Waals surface area contributed by atoms with Crippen LogP contribution < -0.4 is 9.62 Å². The van der Waals surface area contributed by atoms with Gasteiger partial charge in [-0.3, -0.25) is 9.10 Å². The molecule has 1 unspecified atom stereocenters. The number of amides is 1. The number of nitrogens with zero attached hydrogens (tertiary/aromatic N) is 2. The molecule has 168 valence electrons. The molecule has 1 amide bonds. The van der Waals surface area contributed by atoms with Crippen LogP contribution in [0.25, 0.3) is 0 Å². The van der Waals surface area contributed by atoms with E-state index in [-0.39, 0.29) is 10.8 Å². The number of thiophene rings is 1. The number of rotatable bonds is 4. The Morgan fingerprint density at radius 3 is 2.67 bits per heavy atom. The van der Waals surface area contributed by atoms with Crippen molar-refractivity contribution in [2.45, 2.75) is 37.5 Å². The highest BCUT2D eigenvalue weighted by molar-refractivity contribution is 7.92. The van der Waals surface area contributed by atoms with Crippen LogP contribution in [0.5, 0.6) is 0 Å². The number of para-hydroxylation sites is 1. The lowest BCUT2D eigenvalue weighted by molar-refractivity contribution is 0.102. The molecule has 1 N–H and O–H groups in total. The number of nitrogens with one attached hydrogen (secondary N) is 1. The van der Waals surface area contributed by atoms with Crippen molar-refractivity contribution in [3.8, 4) is 6.07 Å². The van der Waals surface area contributed by atoms with Crippen LogP contribution in [0, 0.1) is 17.2 Å². The summed E-state index contributed by atoms with van der Waals surface area (Å²) in [5.41, 5.74) is 3.68. The average Bonchev–Trinajstić information content (AvgIpc) is 3.40. The first-order chi connectivity index (χ1) is 15.9. The van der Waals surface area contributed by atoms with E-state index >= 15 is 0 Å². The molecular formula is C25H23N3O3S2. The van der Waals surface area contributed by atoms with E-state index in [1.165, 1.54) is 44.8 Å². The molecule has 1 atom stereocenters. The van der Waals surface area contributed by atoms with Crippen LogP contribution in [0.3, 0.4) is 0 Å². The van der Waals surface area contributed by atoms with E-state index in [4.69, 9.17) is 0 Å². The fourth-order valence-electron chi connectivity index (χ4n) is 4.60. The number of hydrogen-bond acceptors (Lipinski definition) is 5. The fourth-order valence-corrected chi connectivity index (χ4v) is 7.45. The first-order valence-electron chi connectivity index (χ1n) is 10.9. The van der Waals surface area contributed by atoms with Gasteiger partial charge >= 0.3 is 0 Å². The summed E-state index contributed by atoms with van der Waals surface area (Å²) in [4.78, 5) is 14.2. The van der Waals surface area contributed by atoms with Crippen molar-refractivity contribution in [1.82, 2.24) is 0 Å². The van der Waals surface area contributed by atoms with Gasteiger partial charge < -0.3 is 5.32 Å². The zero-order chi connectivity index (χ0) is 23.2. The molecule has 2 heterocycles. The van der Waals surface area contributed by atoms with Gasteiger partial charge in [0.1, 0.15) is 11.1 Å². The zero-order valence-corrected chi connectivity index (χ0v) is 19.8. The quantitative estimate of drug-likeness (QED) is 0.587. The van der Waals surface area contributed by atoms with Gasteiger partial charge in [0.15, 0.2) is 0 Å². The first kappa shape index (κ1) is 21.7. The van der Waals surface area contributed by atoms with Crippen LogP contribution in [0.4, 0.5) is 10.7 Å². The fraction of sp³-hybridized carbons (Fsp3) is 0.280. The third kappa shape index (κ3) is 3.81. The molecule has 3 aromatic rings. The number of nitriles is 1. The van der Waals surface area contributed by atoms with Gasteiger partial charge in [0.05, 0.1) is 16.1 Å². The number of anilines is 2. The molecule has 0 radical (unpaired) electrons. The summed E-state index contributed by atoms with van der Waals surface area (Å²) in [6.45, 7) is 2.60. The third-order valence-electron chi connectivity index (χ3n) is 6.40. The van der Waals surface area contributed by atoms with E-state index in [9.17, 15) is 18.5 Å². The molecule has 33 heavy (non-hydrogen) atoms. The summed E-state index contributed by atoms with van der Waals surface area (Å²) >= 11 is 1.47. The van der Waals surface area contributed by atoms with Gasteiger partial charge in [0.25, 0.3) is 15.9 Å². The van der Waals surface area contributed by atoms with Crippen molar-refractivity contribution in [2.75, 3.05) is 16.2 Å². The van der Waals surface area contributed by atoms with E-state index in [0.717, 1.165) is 30.4 Å². The maximum absolute atomic E-state index is 13.2. The van der Waals surface area contributed by atoms with E-state index in [1.807, 2.05) is 24.3 Å². The highest BCUT2D eigenvalue weighted by atomic mass is 32.2. The van der Waals surface area contributed by atoms with Crippen molar-refractivity contribution in [1.29, 1.82) is 5.26 Å². The van der Waals surface area contributed by atoms with Crippen LogP contribution in [0.1, 0.15) is 45.3 Å². The Bertz CT molecular complexity index is 1390. The predicted molar refractivity (Wildman–Crippen MR) is 129 cm³/mol. The number of carbonyl (C=O) groups excluding carboxylic acids is 1. The average molecular weight is 478 g/mol. The molecule has 1 aromatic heterocycles. The van der Waals surface area contributed by atoms with Crippen LogP contribution in [0.15, 0.2) is 53.4 Å². The van der Waals surface area contributed by atoms with Gasteiger partial charge in [0.2, 0.25) is 0 Å². The largest absolute Gasteiger partial charge is 0.312 e. The molecule has 0 bridgehead atoms. The van der Waals surface area contributed by atoms with Crippen molar-refractivity contribution >= 4 is 38.0 Å². The predicted octanol–water partition coefficient (Wildman–Crippen LogP) is 4.75. The topological polar surface area (TPSA) is 90.3 Å². The normalized spacial score (nSPS) is 17.2. The molecule has 2 aromatic carbocycles. The number of carbonyl (C=O) groups is 1. The Kier molecular flexibility index (Phi) is 5.47. The van der Waals surface area contributed by atoms with E-state index in [0.29, 0.717) is 40.7 Å². The number of benzene rings is 2. The van der Waals surface area contributed by atoms with Gasteiger partial charge in [-0.1, -0.05) is 25.1 Å². The lowest BCUT2D eigenvalue weighted by Crippen LogP contribution is -2.29. The van der Waals surface area contributed by atoms with Crippen LogP contribution >= 0.6 is 11.3 Å². The highest BCUT2D eigenvalue weighted by Gasteiger charge is 2.31. The summed E-state index contributed by atoms with van der Waals surface area (Å²) in [5, 5.41) is 13.1. The van der Waals surface area contributed by atoms with Crippen molar-refractivity contribution in [3.05, 3.63) is 75.7 Å². The molecule has 5 rings (SSSR count). The molecule has 0 saturated carbocycles. The maximum Gasteiger partial charge on any atom is 0.264 e. The molecule has 1 aliphatic carbocycles. The molecule has 2 aliphatic rings. The van der Waals surface area contributed by atoms with Crippen LogP contribution in [-0.4, -0.2) is 20.9 Å². The molecule has 0 spiro atoms. The summed E-state index contributed by atoms with van der Waals surface area (Å²) < 4.78 is 27.8. The molecule has 0 saturated heterocycles. The number of sulfonamides is 1. The Morgan fingerprint density at radius 1 is 1.15 bits per heavy atom. The minimum Gasteiger partial charge on any atom is -0.312 e. The van der Waals surface area contributed by atoms with Gasteiger partial charge in [-0.05, 0) is 73.1 Å². The minimum atomic E-state index is -3.71. The molecule has 8 heteroatoms. The smallest absolute Gasteiger partial charge is 0.264 e. The maximum atomic E-state index is 13.2. The Labute approximate surface area is 197 Å². The first-order valence-corrected chi connectivity index (χ1v) is 13.2. The minimum absolute atomic E-state index is 0.147. The van der Waals surface area contributed by atoms with E-state index in [1.54, 1.807) is 0 Å². The van der Waals surface area contributed by atoms with Crippen molar-refractivity contribution in [2.24, 2.45) is 5.92 Å². The molecule has 6 nitrogen and oxygen atoms in total. The zero-order valence-electron chi connectivity index (χ0n) is 18.2. The summed E-state index contributed by atoms with van der Waals surface area (Å²) in [6.07, 6.45) is 3.51. The van der Waals surface area contributed by atoms with Crippen LogP contribution in [0.2, 0.25) is 0 Å². The van der Waals surface area contributed by atoms with Gasteiger partial charge in [-0.2, -0.15) is 5.26 Å².